The lowest BCUT2D eigenvalue weighted by Crippen LogP contribution is -2.08. The van der Waals surface area contributed by atoms with Gasteiger partial charge >= 0.3 is 0 Å². The van der Waals surface area contributed by atoms with Crippen molar-refractivity contribution >= 4 is 15.9 Å². The van der Waals surface area contributed by atoms with Crippen molar-refractivity contribution < 1.29 is 9.47 Å². The van der Waals surface area contributed by atoms with E-state index in [2.05, 4.69) is 27.8 Å². The maximum atomic E-state index is 5.51. The molecule has 90 valence electrons. The summed E-state index contributed by atoms with van der Waals surface area (Å²) in [6.07, 6.45) is 4.01. The van der Waals surface area contributed by atoms with Gasteiger partial charge in [0, 0.05) is 12.8 Å². The molecule has 1 heterocycles. The highest BCUT2D eigenvalue weighted by molar-refractivity contribution is 9.10. The molecule has 0 N–H and O–H groups in total. The second kappa shape index (κ2) is 7.63. The van der Waals surface area contributed by atoms with Gasteiger partial charge < -0.3 is 9.47 Å². The standard InChI is InChI=1S/C12H18BrNO2/c1-3-4-7-15-8-9-16-12-11(13)10(2)5-6-14-12/h5-6H,3-4,7-9H2,1-2H3. The molecule has 0 spiro atoms. The van der Waals surface area contributed by atoms with Gasteiger partial charge in [-0.1, -0.05) is 13.3 Å². The number of rotatable bonds is 7. The van der Waals surface area contributed by atoms with Crippen LogP contribution >= 0.6 is 15.9 Å². The zero-order chi connectivity index (χ0) is 11.8. The van der Waals surface area contributed by atoms with Crippen LogP contribution in [0.15, 0.2) is 16.7 Å². The van der Waals surface area contributed by atoms with Crippen LogP contribution in [0.3, 0.4) is 0 Å². The van der Waals surface area contributed by atoms with Gasteiger partial charge in [-0.05, 0) is 40.9 Å². The second-order valence-electron chi connectivity index (χ2n) is 3.56. The number of nitrogens with zero attached hydrogens (tertiary/aromatic N) is 1. The van der Waals surface area contributed by atoms with Crippen molar-refractivity contribution in [1.29, 1.82) is 0 Å². The van der Waals surface area contributed by atoms with Crippen LogP contribution in [0.5, 0.6) is 5.88 Å². The number of pyridine rings is 1. The van der Waals surface area contributed by atoms with E-state index in [0.717, 1.165) is 29.5 Å². The number of aryl methyl sites for hydroxylation is 1. The fourth-order valence-electron chi connectivity index (χ4n) is 1.16. The Kier molecular flexibility index (Phi) is 6.42. The molecule has 0 saturated carbocycles. The quantitative estimate of drug-likeness (QED) is 0.721. The molecular formula is C12H18BrNO2. The Hall–Kier alpha value is -0.610. The Morgan fingerprint density at radius 3 is 2.88 bits per heavy atom. The molecule has 1 aromatic rings. The predicted molar refractivity (Wildman–Crippen MR) is 67.9 cm³/mol. The molecule has 4 heteroatoms. The summed E-state index contributed by atoms with van der Waals surface area (Å²) in [5, 5.41) is 0. The van der Waals surface area contributed by atoms with Crippen LogP contribution < -0.4 is 4.74 Å². The summed E-state index contributed by atoms with van der Waals surface area (Å²) in [5.41, 5.74) is 1.12. The molecule has 0 aliphatic rings. The van der Waals surface area contributed by atoms with Crippen LogP contribution in [-0.4, -0.2) is 24.8 Å². The summed E-state index contributed by atoms with van der Waals surface area (Å²) < 4.78 is 11.8. The smallest absolute Gasteiger partial charge is 0.228 e. The second-order valence-corrected chi connectivity index (χ2v) is 4.35. The predicted octanol–water partition coefficient (Wildman–Crippen LogP) is 3.35. The molecule has 0 radical (unpaired) electrons. The zero-order valence-corrected chi connectivity index (χ0v) is 11.4. The number of halogens is 1. The van der Waals surface area contributed by atoms with Gasteiger partial charge in [0.15, 0.2) is 0 Å². The van der Waals surface area contributed by atoms with E-state index in [0.29, 0.717) is 19.1 Å². The highest BCUT2D eigenvalue weighted by Crippen LogP contribution is 2.25. The first kappa shape index (κ1) is 13.5. The maximum Gasteiger partial charge on any atom is 0.228 e. The molecule has 3 nitrogen and oxygen atoms in total. The zero-order valence-electron chi connectivity index (χ0n) is 9.83. The third kappa shape index (κ3) is 4.49. The average molecular weight is 288 g/mol. The topological polar surface area (TPSA) is 31.4 Å². The van der Waals surface area contributed by atoms with Gasteiger partial charge in [-0.25, -0.2) is 4.98 Å². The van der Waals surface area contributed by atoms with Crippen molar-refractivity contribution in [3.8, 4) is 5.88 Å². The molecule has 1 rings (SSSR count). The minimum absolute atomic E-state index is 0.540. The largest absolute Gasteiger partial charge is 0.474 e. The first-order valence-electron chi connectivity index (χ1n) is 5.57. The fourth-order valence-corrected chi connectivity index (χ4v) is 1.51. The van der Waals surface area contributed by atoms with Crippen LogP contribution in [0.4, 0.5) is 0 Å². The lowest BCUT2D eigenvalue weighted by molar-refractivity contribution is 0.0962. The van der Waals surface area contributed by atoms with Crippen molar-refractivity contribution in [1.82, 2.24) is 4.98 Å². The number of aromatic nitrogens is 1. The molecule has 0 fully saturated rings. The van der Waals surface area contributed by atoms with Crippen LogP contribution in [0.25, 0.3) is 0 Å². The first-order chi connectivity index (χ1) is 7.75. The van der Waals surface area contributed by atoms with Gasteiger partial charge in [0.25, 0.3) is 0 Å². The van der Waals surface area contributed by atoms with Crippen molar-refractivity contribution in [3.05, 3.63) is 22.3 Å². The Balaban J connectivity index is 2.24. The van der Waals surface area contributed by atoms with E-state index in [4.69, 9.17) is 9.47 Å². The van der Waals surface area contributed by atoms with Gasteiger partial charge in [0.1, 0.15) is 6.61 Å². The van der Waals surface area contributed by atoms with E-state index in [1.165, 1.54) is 0 Å². The maximum absolute atomic E-state index is 5.51. The third-order valence-corrected chi connectivity index (χ3v) is 3.12. The highest BCUT2D eigenvalue weighted by atomic mass is 79.9. The van der Waals surface area contributed by atoms with Crippen LogP contribution in [0, 0.1) is 6.92 Å². The van der Waals surface area contributed by atoms with Gasteiger partial charge in [-0.2, -0.15) is 0 Å². The fraction of sp³-hybridized carbons (Fsp3) is 0.583. The van der Waals surface area contributed by atoms with Crippen LogP contribution in [0.2, 0.25) is 0 Å². The number of hydrogen-bond acceptors (Lipinski definition) is 3. The summed E-state index contributed by atoms with van der Waals surface area (Å²) in [6, 6.07) is 1.94. The minimum atomic E-state index is 0.540. The van der Waals surface area contributed by atoms with E-state index in [9.17, 15) is 0 Å². The van der Waals surface area contributed by atoms with Crippen molar-refractivity contribution in [2.75, 3.05) is 19.8 Å². The highest BCUT2D eigenvalue weighted by Gasteiger charge is 2.04. The minimum Gasteiger partial charge on any atom is -0.474 e. The Morgan fingerprint density at radius 2 is 2.12 bits per heavy atom. The van der Waals surface area contributed by atoms with Gasteiger partial charge in [0.2, 0.25) is 5.88 Å². The SMILES string of the molecule is CCCCOCCOc1nccc(C)c1Br. The van der Waals surface area contributed by atoms with Gasteiger partial charge in [0.05, 0.1) is 11.1 Å². The van der Waals surface area contributed by atoms with E-state index >= 15 is 0 Å². The summed E-state index contributed by atoms with van der Waals surface area (Å²) in [5.74, 6) is 0.638. The number of unbranched alkanes of at least 4 members (excludes halogenated alkanes) is 1. The van der Waals surface area contributed by atoms with E-state index in [-0.39, 0.29) is 0 Å². The van der Waals surface area contributed by atoms with E-state index < -0.39 is 0 Å². The van der Waals surface area contributed by atoms with Gasteiger partial charge in [-0.15, -0.1) is 0 Å². The molecular weight excluding hydrogens is 270 g/mol. The van der Waals surface area contributed by atoms with Crippen molar-refractivity contribution in [2.45, 2.75) is 26.7 Å². The molecule has 0 amide bonds. The summed E-state index contributed by atoms with van der Waals surface area (Å²) in [7, 11) is 0. The summed E-state index contributed by atoms with van der Waals surface area (Å²) >= 11 is 3.45. The molecule has 0 aliphatic carbocycles. The van der Waals surface area contributed by atoms with Crippen LogP contribution in [-0.2, 0) is 4.74 Å². The lowest BCUT2D eigenvalue weighted by Gasteiger charge is -2.08. The summed E-state index contributed by atoms with van der Waals surface area (Å²) in [4.78, 5) is 4.15. The number of hydrogen-bond donors (Lipinski definition) is 0. The Morgan fingerprint density at radius 1 is 1.31 bits per heavy atom. The van der Waals surface area contributed by atoms with Crippen molar-refractivity contribution in [3.63, 3.8) is 0 Å². The van der Waals surface area contributed by atoms with E-state index in [1.54, 1.807) is 6.20 Å². The first-order valence-corrected chi connectivity index (χ1v) is 6.36. The average Bonchev–Trinajstić information content (AvgIpc) is 2.29. The molecule has 0 saturated heterocycles. The molecule has 0 aromatic carbocycles. The molecule has 0 aliphatic heterocycles. The Labute approximate surface area is 105 Å². The van der Waals surface area contributed by atoms with Crippen LogP contribution in [0.1, 0.15) is 25.3 Å². The normalized spacial score (nSPS) is 10.4. The van der Waals surface area contributed by atoms with E-state index in [1.807, 2.05) is 13.0 Å². The van der Waals surface area contributed by atoms with Gasteiger partial charge in [-0.3, -0.25) is 0 Å². The lowest BCUT2D eigenvalue weighted by atomic mass is 10.3. The van der Waals surface area contributed by atoms with Crippen molar-refractivity contribution in [2.24, 2.45) is 0 Å². The molecule has 1 aromatic heterocycles. The molecule has 0 bridgehead atoms. The molecule has 0 atom stereocenters. The monoisotopic (exact) mass is 287 g/mol. The summed E-state index contributed by atoms with van der Waals surface area (Å²) in [6.45, 7) is 6.12. The molecule has 0 unspecified atom stereocenters. The Bertz CT molecular complexity index is 318. The molecule has 16 heavy (non-hydrogen) atoms. The number of ether oxygens (including phenoxy) is 2. The third-order valence-electron chi connectivity index (χ3n) is 2.16.